The summed E-state index contributed by atoms with van der Waals surface area (Å²) in [5.74, 6) is 0.354. The summed E-state index contributed by atoms with van der Waals surface area (Å²) in [4.78, 5) is 19.0. The molecule has 1 heterocycles. The number of nitrogens with one attached hydrogen (secondary N) is 1. The summed E-state index contributed by atoms with van der Waals surface area (Å²) in [6, 6.07) is 6.12. The molecule has 2 aromatic rings. The Morgan fingerprint density at radius 2 is 1.77 bits per heavy atom. The SMILES string of the molecule is CC[C@H](CN(CCCO[Si](C)(C)C(C)(C)C)C(=O)OC(C)(C)C)NS(=O)(=O)c1cccc2c(OC)nccc12. The van der Waals surface area contributed by atoms with Crippen molar-refractivity contribution in [2.24, 2.45) is 0 Å². The van der Waals surface area contributed by atoms with Crippen LogP contribution in [0.25, 0.3) is 10.8 Å². The molecule has 2 rings (SSSR count). The molecule has 0 radical (unpaired) electrons. The third kappa shape index (κ3) is 9.16. The van der Waals surface area contributed by atoms with E-state index < -0.39 is 36.1 Å². The minimum atomic E-state index is -3.92. The Balaban J connectivity index is 2.23. The molecule has 0 saturated carbocycles. The summed E-state index contributed by atoms with van der Waals surface area (Å²) in [5, 5.41) is 1.21. The number of rotatable bonds is 12. The number of aromatic nitrogens is 1. The predicted octanol–water partition coefficient (Wildman–Crippen LogP) is 5.95. The van der Waals surface area contributed by atoms with Gasteiger partial charge in [0.15, 0.2) is 8.32 Å². The van der Waals surface area contributed by atoms with Crippen LogP contribution in [0.2, 0.25) is 18.1 Å². The minimum Gasteiger partial charge on any atom is -0.481 e. The van der Waals surface area contributed by atoms with Gasteiger partial charge in [0.2, 0.25) is 15.9 Å². The zero-order valence-electron chi connectivity index (χ0n) is 25.3. The van der Waals surface area contributed by atoms with E-state index in [4.69, 9.17) is 13.9 Å². The van der Waals surface area contributed by atoms with E-state index in [1.807, 2.05) is 27.7 Å². The lowest BCUT2D eigenvalue weighted by Crippen LogP contribution is -2.47. The van der Waals surface area contributed by atoms with Gasteiger partial charge in [0, 0.05) is 42.7 Å². The summed E-state index contributed by atoms with van der Waals surface area (Å²) in [5.41, 5.74) is -0.676. The van der Waals surface area contributed by atoms with Gasteiger partial charge in [0.25, 0.3) is 0 Å². The van der Waals surface area contributed by atoms with Gasteiger partial charge in [-0.3, -0.25) is 0 Å². The molecule has 1 amide bonds. The Hall–Kier alpha value is -2.21. The van der Waals surface area contributed by atoms with Crippen molar-refractivity contribution in [2.75, 3.05) is 26.8 Å². The molecule has 0 bridgehead atoms. The Bertz CT molecular complexity index is 1220. The molecule has 39 heavy (non-hydrogen) atoms. The molecule has 1 aromatic heterocycles. The molecule has 220 valence electrons. The molecular weight excluding hydrogens is 534 g/mol. The highest BCUT2D eigenvalue weighted by Crippen LogP contribution is 2.36. The maximum absolute atomic E-state index is 13.5. The summed E-state index contributed by atoms with van der Waals surface area (Å²) < 4.78 is 47.1. The van der Waals surface area contributed by atoms with Crippen LogP contribution in [-0.2, 0) is 19.2 Å². The molecule has 0 fully saturated rings. The van der Waals surface area contributed by atoms with Crippen molar-refractivity contribution < 1.29 is 27.1 Å². The number of nitrogens with zero attached hydrogens (tertiary/aromatic N) is 2. The van der Waals surface area contributed by atoms with Crippen LogP contribution < -0.4 is 9.46 Å². The monoisotopic (exact) mass is 581 g/mol. The number of amides is 1. The van der Waals surface area contributed by atoms with Crippen molar-refractivity contribution in [3.63, 3.8) is 0 Å². The highest BCUT2D eigenvalue weighted by atomic mass is 32.2. The minimum absolute atomic E-state index is 0.0884. The fourth-order valence-electron chi connectivity index (χ4n) is 3.73. The first-order valence-corrected chi connectivity index (χ1v) is 17.9. The van der Waals surface area contributed by atoms with E-state index in [9.17, 15) is 13.2 Å². The number of methoxy groups -OCH3 is 1. The summed E-state index contributed by atoms with van der Waals surface area (Å²) in [7, 11) is -4.34. The largest absolute Gasteiger partial charge is 0.481 e. The van der Waals surface area contributed by atoms with Crippen molar-refractivity contribution in [1.29, 1.82) is 0 Å². The fourth-order valence-corrected chi connectivity index (χ4v) is 6.35. The molecule has 9 nitrogen and oxygen atoms in total. The van der Waals surface area contributed by atoms with Gasteiger partial charge in [-0.25, -0.2) is 22.9 Å². The highest BCUT2D eigenvalue weighted by molar-refractivity contribution is 7.89. The Morgan fingerprint density at radius 1 is 1.10 bits per heavy atom. The molecule has 0 aliphatic carbocycles. The normalized spacial score (nSPS) is 13.8. The highest BCUT2D eigenvalue weighted by Gasteiger charge is 2.37. The number of carbonyl (C=O) groups is 1. The Labute approximate surface area is 235 Å². The van der Waals surface area contributed by atoms with E-state index in [0.29, 0.717) is 42.6 Å². The maximum Gasteiger partial charge on any atom is 0.410 e. The van der Waals surface area contributed by atoms with E-state index in [-0.39, 0.29) is 16.5 Å². The topological polar surface area (TPSA) is 107 Å². The zero-order valence-corrected chi connectivity index (χ0v) is 27.1. The first-order chi connectivity index (χ1) is 17.9. The smallest absolute Gasteiger partial charge is 0.410 e. The molecule has 1 N–H and O–H groups in total. The van der Waals surface area contributed by atoms with Crippen LogP contribution in [0.3, 0.4) is 0 Å². The van der Waals surface area contributed by atoms with Gasteiger partial charge in [0.05, 0.1) is 12.0 Å². The lowest BCUT2D eigenvalue weighted by molar-refractivity contribution is 0.0226. The molecule has 0 aliphatic heterocycles. The third-order valence-electron chi connectivity index (χ3n) is 6.96. The molecular formula is C28H47N3O6SSi. The number of hydrogen-bond acceptors (Lipinski definition) is 7. The molecule has 0 saturated heterocycles. The van der Waals surface area contributed by atoms with Crippen molar-refractivity contribution in [1.82, 2.24) is 14.6 Å². The molecule has 1 atom stereocenters. The molecule has 0 aliphatic rings. The van der Waals surface area contributed by atoms with E-state index in [2.05, 4.69) is 43.6 Å². The van der Waals surface area contributed by atoms with Crippen LogP contribution in [0.4, 0.5) is 4.79 Å². The maximum atomic E-state index is 13.5. The Morgan fingerprint density at radius 3 is 2.33 bits per heavy atom. The van der Waals surface area contributed by atoms with Crippen LogP contribution in [0.1, 0.15) is 61.3 Å². The molecule has 0 spiro atoms. The van der Waals surface area contributed by atoms with Gasteiger partial charge < -0.3 is 18.8 Å². The zero-order chi connectivity index (χ0) is 29.6. The number of benzene rings is 1. The summed E-state index contributed by atoms with van der Waals surface area (Å²) >= 11 is 0. The molecule has 1 aromatic carbocycles. The van der Waals surface area contributed by atoms with Gasteiger partial charge in [-0.15, -0.1) is 0 Å². The van der Waals surface area contributed by atoms with E-state index >= 15 is 0 Å². The van der Waals surface area contributed by atoms with E-state index in [1.54, 1.807) is 29.2 Å². The van der Waals surface area contributed by atoms with Crippen LogP contribution >= 0.6 is 0 Å². The number of fused-ring (bicyclic) bond motifs is 1. The second-order valence-corrected chi connectivity index (χ2v) is 18.8. The lowest BCUT2D eigenvalue weighted by Gasteiger charge is -2.36. The average Bonchev–Trinajstić information content (AvgIpc) is 2.82. The van der Waals surface area contributed by atoms with Crippen molar-refractivity contribution >= 4 is 35.2 Å². The molecule has 0 unspecified atom stereocenters. The van der Waals surface area contributed by atoms with Crippen LogP contribution in [-0.4, -0.2) is 71.2 Å². The number of ether oxygens (including phenoxy) is 2. The van der Waals surface area contributed by atoms with Crippen molar-refractivity contribution in [3.05, 3.63) is 30.5 Å². The molecule has 11 heteroatoms. The van der Waals surface area contributed by atoms with Gasteiger partial charge in [0.1, 0.15) is 5.60 Å². The predicted molar refractivity (Wildman–Crippen MR) is 158 cm³/mol. The summed E-state index contributed by atoms with van der Waals surface area (Å²) in [6.07, 6.45) is 2.14. The number of hydrogen-bond donors (Lipinski definition) is 1. The number of pyridine rings is 1. The van der Waals surface area contributed by atoms with E-state index in [0.717, 1.165) is 0 Å². The number of carbonyl (C=O) groups excluding carboxylic acids is 1. The first-order valence-electron chi connectivity index (χ1n) is 13.5. The summed E-state index contributed by atoms with van der Waals surface area (Å²) in [6.45, 7) is 19.3. The second kappa shape index (κ2) is 13.0. The lowest BCUT2D eigenvalue weighted by atomic mass is 10.2. The van der Waals surface area contributed by atoms with Gasteiger partial charge >= 0.3 is 6.09 Å². The van der Waals surface area contributed by atoms with Crippen molar-refractivity contribution in [2.45, 2.75) is 96.0 Å². The van der Waals surface area contributed by atoms with Crippen LogP contribution in [0, 0.1) is 0 Å². The standard InChI is InChI=1S/C28H47N3O6SSi/c1-11-21(30-38(33,34)24-15-12-14-23-22(24)16-17-29-25(23)35-8)20-31(26(32)37-27(2,3)4)18-13-19-36-39(9,10)28(5,6)7/h12,14-17,21,30H,11,13,18-20H2,1-10H3/t21-/m1/s1. The third-order valence-corrected chi connectivity index (χ3v) is 13.1. The number of sulfonamides is 1. The Kier molecular flexibility index (Phi) is 11.0. The van der Waals surface area contributed by atoms with E-state index in [1.165, 1.54) is 13.3 Å². The first kappa shape index (κ1) is 33.0. The van der Waals surface area contributed by atoms with Gasteiger partial charge in [-0.1, -0.05) is 33.8 Å². The van der Waals surface area contributed by atoms with Gasteiger partial charge in [-0.2, -0.15) is 0 Å². The second-order valence-electron chi connectivity index (χ2n) is 12.3. The van der Waals surface area contributed by atoms with Gasteiger partial charge in [-0.05, 0) is 69.9 Å². The van der Waals surface area contributed by atoms with Crippen LogP contribution in [0.15, 0.2) is 35.4 Å². The van der Waals surface area contributed by atoms with Crippen molar-refractivity contribution in [3.8, 4) is 5.88 Å². The average molecular weight is 582 g/mol. The quantitative estimate of drug-likeness (QED) is 0.244. The fraction of sp³-hybridized carbons (Fsp3) is 0.643. The van der Waals surface area contributed by atoms with Crippen LogP contribution in [0.5, 0.6) is 5.88 Å².